The van der Waals surface area contributed by atoms with Crippen molar-refractivity contribution in [1.82, 2.24) is 0 Å². The first-order valence-electron chi connectivity index (χ1n) is 3.54. The van der Waals surface area contributed by atoms with Gasteiger partial charge in [0.2, 0.25) is 0 Å². The minimum absolute atomic E-state index is 0.480. The van der Waals surface area contributed by atoms with Gasteiger partial charge >= 0.3 is 5.97 Å². The zero-order chi connectivity index (χ0) is 10.2. The van der Waals surface area contributed by atoms with Crippen LogP contribution < -0.4 is 5.73 Å². The summed E-state index contributed by atoms with van der Waals surface area (Å²) in [4.78, 5) is 10.6. The van der Waals surface area contributed by atoms with Crippen LogP contribution >= 0.6 is 11.6 Å². The molecule has 0 saturated heterocycles. The van der Waals surface area contributed by atoms with Crippen molar-refractivity contribution in [2.24, 2.45) is 5.73 Å². The first-order valence-corrected chi connectivity index (χ1v) is 4.29. The number of esters is 1. The second-order valence-corrected chi connectivity index (χ2v) is 2.29. The fourth-order valence-corrected chi connectivity index (χ4v) is 0.344. The molecule has 72 valence electrons. The van der Waals surface area contributed by atoms with Crippen LogP contribution in [0.1, 0.15) is 20.3 Å². The zero-order valence-electron chi connectivity index (χ0n) is 7.76. The molecule has 0 rings (SSSR count). The lowest BCUT2D eigenvalue weighted by atomic mass is 10.2. The van der Waals surface area contributed by atoms with E-state index in [-0.39, 0.29) is 0 Å². The van der Waals surface area contributed by atoms with Gasteiger partial charge < -0.3 is 4.74 Å². The fraction of sp³-hybridized carbons (Fsp3) is 0.625. The Bertz CT molecular complexity index is 146. The Kier molecular flexibility index (Phi) is 8.32. The predicted molar refractivity (Wildman–Crippen MR) is 50.9 cm³/mol. The van der Waals surface area contributed by atoms with Crippen LogP contribution in [0.5, 0.6) is 0 Å². The molecule has 0 heterocycles. The number of halogens is 1. The number of rotatable bonds is 3. The summed E-state index contributed by atoms with van der Waals surface area (Å²) in [5.41, 5.74) is 4.65. The third-order valence-electron chi connectivity index (χ3n) is 1.20. The van der Waals surface area contributed by atoms with Crippen molar-refractivity contribution in [2.45, 2.75) is 26.0 Å². The molecule has 0 aliphatic rings. The largest absolute Gasteiger partial charge is 0.441 e. The number of hydrogen-bond acceptors (Lipinski definition) is 3. The van der Waals surface area contributed by atoms with Crippen LogP contribution in [0.2, 0.25) is 0 Å². The molecule has 1 atom stereocenters. The summed E-state index contributed by atoms with van der Waals surface area (Å²) >= 11 is 4.64. The van der Waals surface area contributed by atoms with Gasteiger partial charge in [-0.2, -0.15) is 0 Å². The Morgan fingerprint density at radius 2 is 2.17 bits per heavy atom. The van der Waals surface area contributed by atoms with E-state index in [0.29, 0.717) is 6.42 Å². The molecule has 0 aliphatic heterocycles. The Labute approximate surface area is 78.5 Å². The Morgan fingerprint density at radius 1 is 1.75 bits per heavy atom. The molecule has 0 amide bonds. The van der Waals surface area contributed by atoms with Gasteiger partial charge in [-0.15, -0.1) is 11.6 Å². The van der Waals surface area contributed by atoms with E-state index in [9.17, 15) is 4.79 Å². The number of nitrogens with two attached hydrogens (primary N) is 1. The molecule has 12 heavy (non-hydrogen) atoms. The van der Waals surface area contributed by atoms with E-state index < -0.39 is 11.7 Å². The monoisotopic (exact) mass is 193 g/mol. The highest BCUT2D eigenvalue weighted by atomic mass is 35.5. The van der Waals surface area contributed by atoms with Gasteiger partial charge in [0.1, 0.15) is 0 Å². The first-order chi connectivity index (χ1) is 5.52. The van der Waals surface area contributed by atoms with Crippen molar-refractivity contribution in [3.63, 3.8) is 0 Å². The van der Waals surface area contributed by atoms with Crippen molar-refractivity contribution in [3.8, 4) is 0 Å². The maximum Gasteiger partial charge on any atom is 0.331 e. The van der Waals surface area contributed by atoms with Crippen LogP contribution in [0.3, 0.4) is 0 Å². The Hall–Kier alpha value is -0.540. The van der Waals surface area contributed by atoms with Crippen LogP contribution in [-0.4, -0.2) is 18.1 Å². The van der Waals surface area contributed by atoms with Gasteiger partial charge in [0.15, 0.2) is 5.72 Å². The summed E-state index contributed by atoms with van der Waals surface area (Å²) < 4.78 is 4.76. The van der Waals surface area contributed by atoms with E-state index >= 15 is 0 Å². The van der Waals surface area contributed by atoms with E-state index in [0.717, 1.165) is 6.08 Å². The van der Waals surface area contributed by atoms with Crippen LogP contribution in [0.4, 0.5) is 0 Å². The maximum absolute atomic E-state index is 10.6. The van der Waals surface area contributed by atoms with Gasteiger partial charge in [0.05, 0.1) is 0 Å². The van der Waals surface area contributed by atoms with Crippen molar-refractivity contribution >= 4 is 17.6 Å². The number of ether oxygens (including phenoxy) is 1. The fourth-order valence-electron chi connectivity index (χ4n) is 0.344. The molecule has 0 aromatic rings. The molecule has 0 fully saturated rings. The quantitative estimate of drug-likeness (QED) is 0.321. The van der Waals surface area contributed by atoms with E-state index in [1.54, 1.807) is 6.92 Å². The van der Waals surface area contributed by atoms with E-state index in [4.69, 9.17) is 10.5 Å². The third-order valence-corrected chi connectivity index (χ3v) is 1.20. The van der Waals surface area contributed by atoms with Crippen molar-refractivity contribution in [2.75, 3.05) is 6.38 Å². The molecule has 0 spiro atoms. The van der Waals surface area contributed by atoms with Gasteiger partial charge in [-0.25, -0.2) is 4.79 Å². The average Bonchev–Trinajstić information content (AvgIpc) is 2.07. The predicted octanol–water partition coefficient (Wildman–Crippen LogP) is 1.66. The summed E-state index contributed by atoms with van der Waals surface area (Å²) in [5.74, 6) is -0.480. The lowest BCUT2D eigenvalue weighted by Gasteiger charge is -2.21. The molecule has 0 aliphatic carbocycles. The molecule has 3 nitrogen and oxygen atoms in total. The van der Waals surface area contributed by atoms with Gasteiger partial charge in [-0.3, -0.25) is 5.73 Å². The molecule has 0 radical (unpaired) electrons. The molecular weight excluding hydrogens is 178 g/mol. The summed E-state index contributed by atoms with van der Waals surface area (Å²) in [6.07, 6.45) is 3.16. The molecule has 2 N–H and O–H groups in total. The highest BCUT2D eigenvalue weighted by molar-refractivity contribution is 6.15. The molecule has 0 saturated carbocycles. The minimum Gasteiger partial charge on any atom is -0.441 e. The number of carbonyl (C=O) groups excluding carboxylic acids is 1. The van der Waals surface area contributed by atoms with Gasteiger partial charge in [-0.05, 0) is 13.3 Å². The second-order valence-electron chi connectivity index (χ2n) is 2.29. The zero-order valence-corrected chi connectivity index (χ0v) is 8.52. The molecule has 0 aromatic carbocycles. The van der Waals surface area contributed by atoms with Crippen LogP contribution in [0.15, 0.2) is 12.7 Å². The molecule has 0 bridgehead atoms. The Morgan fingerprint density at radius 3 is 2.42 bits per heavy atom. The summed E-state index contributed by atoms with van der Waals surface area (Å²) in [6, 6.07) is 0. The van der Waals surface area contributed by atoms with Crippen LogP contribution in [-0.2, 0) is 9.53 Å². The van der Waals surface area contributed by atoms with Gasteiger partial charge in [0.25, 0.3) is 0 Å². The highest BCUT2D eigenvalue weighted by Gasteiger charge is 2.18. The first kappa shape index (κ1) is 14.0. The van der Waals surface area contributed by atoms with Crippen molar-refractivity contribution in [3.05, 3.63) is 12.7 Å². The van der Waals surface area contributed by atoms with E-state index in [1.807, 2.05) is 6.92 Å². The van der Waals surface area contributed by atoms with Crippen molar-refractivity contribution < 1.29 is 9.53 Å². The third kappa shape index (κ3) is 7.57. The maximum atomic E-state index is 10.6. The minimum atomic E-state index is -0.856. The molecular formula is C8H16ClNO2. The topological polar surface area (TPSA) is 52.3 Å². The lowest BCUT2D eigenvalue weighted by molar-refractivity contribution is -0.151. The number of hydrogen-bond donors (Lipinski definition) is 1. The summed E-state index contributed by atoms with van der Waals surface area (Å²) in [5, 5.41) is 0. The highest BCUT2D eigenvalue weighted by Crippen LogP contribution is 2.06. The molecule has 0 aromatic heterocycles. The standard InChI is InChI=1S/C7H13NO2.CH3Cl/c1-4-6(9)10-7(3,8)5-2;1-2/h4H,1,5,8H2,2-3H3;1H3. The lowest BCUT2D eigenvalue weighted by Crippen LogP contribution is -2.40. The molecule has 4 heteroatoms. The number of alkyl halides is 1. The van der Waals surface area contributed by atoms with Gasteiger partial charge in [-0.1, -0.05) is 13.5 Å². The average molecular weight is 194 g/mol. The summed E-state index contributed by atoms with van der Waals surface area (Å²) in [7, 11) is 0. The normalized spacial score (nSPS) is 13.4. The van der Waals surface area contributed by atoms with E-state index in [1.165, 1.54) is 6.38 Å². The smallest absolute Gasteiger partial charge is 0.331 e. The summed E-state index contributed by atoms with van der Waals surface area (Å²) in [6.45, 7) is 6.74. The SMILES string of the molecule is C=CC(=O)OC(C)(N)CC.CCl. The number of carbonyl (C=O) groups is 1. The Balaban J connectivity index is 0. The van der Waals surface area contributed by atoms with Crippen LogP contribution in [0, 0.1) is 0 Å². The van der Waals surface area contributed by atoms with Gasteiger partial charge in [0, 0.05) is 12.5 Å². The van der Waals surface area contributed by atoms with Crippen LogP contribution in [0.25, 0.3) is 0 Å². The molecule has 1 unspecified atom stereocenters. The van der Waals surface area contributed by atoms with Crippen molar-refractivity contribution in [1.29, 1.82) is 0 Å². The van der Waals surface area contributed by atoms with E-state index in [2.05, 4.69) is 18.2 Å². The second kappa shape index (κ2) is 7.13.